The Morgan fingerprint density at radius 3 is 2.51 bits per heavy atom. The molecule has 0 radical (unpaired) electrons. The quantitative estimate of drug-likeness (QED) is 0.217. The van der Waals surface area contributed by atoms with E-state index in [1.165, 1.54) is 2.81 Å². The van der Waals surface area contributed by atoms with Gasteiger partial charge in [0.15, 0.2) is 0 Å². The third-order valence-electron chi connectivity index (χ3n) is 6.71. The molecular formula is C33H25N2NaO2S. The number of ketones is 1. The number of carbonyl (C=O) groups excluding carboxylic acids is 1. The fourth-order valence-corrected chi connectivity index (χ4v) is 5.87. The predicted molar refractivity (Wildman–Crippen MR) is 164 cm³/mol. The van der Waals surface area contributed by atoms with Gasteiger partial charge in [-0.15, -0.1) is 0 Å². The normalized spacial score (nSPS) is 15.9. The second-order valence-electron chi connectivity index (χ2n) is 9.59. The van der Waals surface area contributed by atoms with Gasteiger partial charge in [-0.05, 0) is 23.1 Å². The number of thioether (sulfide) groups is 1. The van der Waals surface area contributed by atoms with Crippen LogP contribution in [0.3, 0.4) is 0 Å². The van der Waals surface area contributed by atoms with Crippen molar-refractivity contribution in [3.05, 3.63) is 132 Å². The molecule has 6 rings (SSSR count). The van der Waals surface area contributed by atoms with Gasteiger partial charge in [0.2, 0.25) is 0 Å². The molecule has 4 nitrogen and oxygen atoms in total. The van der Waals surface area contributed by atoms with E-state index < -0.39 is 0 Å². The average Bonchev–Trinajstić information content (AvgIpc) is 3.50. The van der Waals surface area contributed by atoms with Gasteiger partial charge in [-0.3, -0.25) is 0 Å². The van der Waals surface area contributed by atoms with Crippen molar-refractivity contribution >= 4 is 76.0 Å². The molecule has 1 heterocycles. The summed E-state index contributed by atoms with van der Waals surface area (Å²) in [4.78, 5) is 19.8. The van der Waals surface area contributed by atoms with Gasteiger partial charge < -0.3 is 4.74 Å². The third kappa shape index (κ3) is 6.13. The number of benzene rings is 4. The van der Waals surface area contributed by atoms with Crippen LogP contribution in [0.1, 0.15) is 11.1 Å². The molecule has 0 N–H and O–H groups in total. The monoisotopic (exact) mass is 536 g/mol. The number of allylic oxidation sites excluding steroid dienone is 4. The van der Waals surface area contributed by atoms with Crippen molar-refractivity contribution in [2.45, 2.75) is 6.61 Å². The summed E-state index contributed by atoms with van der Waals surface area (Å²) in [6.45, 7) is 1.34. The number of nitrogens with zero attached hydrogens (tertiary/aromatic N) is 2. The topological polar surface area (TPSA) is 41.9 Å². The molecule has 0 spiro atoms. The number of anilines is 1. The van der Waals surface area contributed by atoms with Gasteiger partial charge in [-0.2, -0.15) is 0 Å². The maximum absolute atomic E-state index is 12.9. The van der Waals surface area contributed by atoms with Crippen LogP contribution in [-0.2, 0) is 11.4 Å². The van der Waals surface area contributed by atoms with Gasteiger partial charge in [-0.1, -0.05) is 36.4 Å². The van der Waals surface area contributed by atoms with Crippen molar-refractivity contribution in [1.82, 2.24) is 0 Å². The third-order valence-corrected chi connectivity index (χ3v) is 8.33. The molecule has 0 atom stereocenters. The first-order valence-electron chi connectivity index (χ1n) is 13.0. The zero-order valence-corrected chi connectivity index (χ0v) is 24.5. The van der Waals surface area contributed by atoms with E-state index in [9.17, 15) is 4.79 Å². The van der Waals surface area contributed by atoms with Crippen LogP contribution < -0.4 is 12.4 Å². The van der Waals surface area contributed by atoms with Crippen molar-refractivity contribution in [3.8, 4) is 5.75 Å². The Balaban J connectivity index is 1.27. The second kappa shape index (κ2) is 11.8. The number of ether oxygens (including phenoxy) is 1. The summed E-state index contributed by atoms with van der Waals surface area (Å²) in [5.41, 5.74) is 4.77. The molecule has 39 heavy (non-hydrogen) atoms. The molecule has 1 aliphatic carbocycles. The molecule has 6 heteroatoms. The van der Waals surface area contributed by atoms with Crippen LogP contribution in [0.5, 0.6) is 5.75 Å². The van der Waals surface area contributed by atoms with E-state index in [-0.39, 0.29) is 5.78 Å². The molecule has 4 aromatic rings. The van der Waals surface area contributed by atoms with Crippen LogP contribution in [-0.4, -0.2) is 51.2 Å². The summed E-state index contributed by atoms with van der Waals surface area (Å²) in [6.07, 6.45) is 7.50. The van der Waals surface area contributed by atoms with Crippen molar-refractivity contribution in [3.63, 3.8) is 0 Å². The van der Waals surface area contributed by atoms with Crippen molar-refractivity contribution in [2.75, 3.05) is 17.2 Å². The number of hydrogen-bond acceptors (Lipinski definition) is 5. The minimum absolute atomic E-state index is 0.000577. The van der Waals surface area contributed by atoms with Gasteiger partial charge in [0.1, 0.15) is 12.4 Å². The molecule has 1 aliphatic heterocycles. The fourth-order valence-electron chi connectivity index (χ4n) is 4.65. The van der Waals surface area contributed by atoms with Gasteiger partial charge in [0.25, 0.3) is 0 Å². The number of fused-ring (bicyclic) bond motifs is 1. The van der Waals surface area contributed by atoms with Crippen molar-refractivity contribution in [2.24, 2.45) is 4.99 Å². The van der Waals surface area contributed by atoms with Crippen LogP contribution in [0.25, 0.3) is 16.8 Å². The molecule has 4 aromatic carbocycles. The molecule has 0 saturated heterocycles. The van der Waals surface area contributed by atoms with E-state index in [0.717, 1.165) is 84.4 Å². The van der Waals surface area contributed by atoms with Crippen LogP contribution in [0, 0.1) is 0 Å². The van der Waals surface area contributed by atoms with Crippen LogP contribution in [0.2, 0.25) is 0 Å². The summed E-state index contributed by atoms with van der Waals surface area (Å²) >= 11 is 2.76. The van der Waals surface area contributed by atoms with Gasteiger partial charge >= 0.3 is 175 Å². The maximum atomic E-state index is 12.9. The summed E-state index contributed by atoms with van der Waals surface area (Å²) in [6, 6.07) is 31.1. The molecule has 0 amide bonds. The number of amidine groups is 1. The Labute approximate surface area is 250 Å². The minimum atomic E-state index is -0.000577. The fraction of sp³-hybridized carbons (Fsp3) is 0.0909. The Hall–Kier alpha value is -3.35. The summed E-state index contributed by atoms with van der Waals surface area (Å²) in [7, 11) is 0. The first-order valence-corrected chi connectivity index (χ1v) is 15.0. The van der Waals surface area contributed by atoms with Gasteiger partial charge in [0.05, 0.1) is 0 Å². The molecule has 186 valence electrons. The second-order valence-corrected chi connectivity index (χ2v) is 11.8. The summed E-state index contributed by atoms with van der Waals surface area (Å²) < 4.78 is 7.34. The number of carbonyl (C=O) groups is 1. The SMILES string of the molecule is O=C1C=CC(N(C2=NCCS2)c2cc[c]([Na])cc2)=CC1=Cc1ccc2cc(OCc3ccccc3)ccc2c1. The summed E-state index contributed by atoms with van der Waals surface area (Å²) in [5, 5.41) is 3.16. The van der Waals surface area contributed by atoms with Crippen LogP contribution in [0.15, 0.2) is 125 Å². The van der Waals surface area contributed by atoms with E-state index in [2.05, 4.69) is 65.6 Å². The zero-order valence-electron chi connectivity index (χ0n) is 21.7. The van der Waals surface area contributed by atoms with E-state index >= 15 is 0 Å². The first kappa shape index (κ1) is 25.9. The van der Waals surface area contributed by atoms with Gasteiger partial charge in [0, 0.05) is 0 Å². The Morgan fingerprint density at radius 2 is 1.72 bits per heavy atom. The Bertz CT molecular complexity index is 1660. The molecule has 0 saturated carbocycles. The van der Waals surface area contributed by atoms with Crippen molar-refractivity contribution in [1.29, 1.82) is 0 Å². The molecule has 2 aliphatic rings. The molecular weight excluding hydrogens is 511 g/mol. The first-order chi connectivity index (χ1) is 19.1. The van der Waals surface area contributed by atoms with E-state index in [1.54, 1.807) is 17.8 Å². The Morgan fingerprint density at radius 1 is 0.923 bits per heavy atom. The molecule has 0 unspecified atom stereocenters. The number of rotatable bonds is 6. The molecule has 0 aromatic heterocycles. The summed E-state index contributed by atoms with van der Waals surface area (Å²) in [5.74, 6) is 1.81. The van der Waals surface area contributed by atoms with E-state index in [0.29, 0.717) is 12.2 Å². The zero-order chi connectivity index (χ0) is 26.6. The number of aliphatic imine (C=N–C) groups is 1. The average molecular weight is 537 g/mol. The van der Waals surface area contributed by atoms with E-state index in [1.807, 2.05) is 48.6 Å². The predicted octanol–water partition coefficient (Wildman–Crippen LogP) is 6.23. The van der Waals surface area contributed by atoms with E-state index in [4.69, 9.17) is 9.73 Å². The number of hydrogen-bond donors (Lipinski definition) is 0. The standard InChI is InChI=1S/C33H25N2O2S.Na/c36-32-16-14-30(35(33-34-17-18-38-33)29-9-5-2-6-10-29)21-28(32)20-25-11-12-27-22-31(15-13-26(27)19-25)37-23-24-7-3-1-4-8-24;/h1,3-16,19-22H,17-18,23H2;. The molecule has 0 fully saturated rings. The molecule has 0 bridgehead atoms. The van der Waals surface area contributed by atoms with Crippen LogP contribution in [0.4, 0.5) is 5.69 Å². The Kier molecular flexibility index (Phi) is 7.84. The van der Waals surface area contributed by atoms with Crippen LogP contribution >= 0.6 is 11.8 Å². The van der Waals surface area contributed by atoms with Crippen molar-refractivity contribution < 1.29 is 9.53 Å². The van der Waals surface area contributed by atoms with Gasteiger partial charge in [-0.25, -0.2) is 0 Å².